The highest BCUT2D eigenvalue weighted by atomic mass is 14.3. The van der Waals surface area contributed by atoms with Crippen LogP contribution in [-0.4, -0.2) is 0 Å². The SMILES string of the molecule is CC(C)(C)C#N.N. The number of hydrogen-bond donors (Lipinski definition) is 1. The summed E-state index contributed by atoms with van der Waals surface area (Å²) in [5, 5.41) is 8.15. The number of nitrogens with zero attached hydrogens (tertiary/aromatic N) is 1. The number of hydrogen-bond acceptors (Lipinski definition) is 2. The van der Waals surface area contributed by atoms with Gasteiger partial charge in [0, 0.05) is 5.41 Å². The molecule has 0 saturated heterocycles. The van der Waals surface area contributed by atoms with E-state index in [-0.39, 0.29) is 11.6 Å². The maximum Gasteiger partial charge on any atom is 0.0680 e. The molecule has 0 aliphatic heterocycles. The van der Waals surface area contributed by atoms with Gasteiger partial charge in [-0.2, -0.15) is 5.26 Å². The molecule has 0 heterocycles. The lowest BCUT2D eigenvalue weighted by Crippen LogP contribution is -1.97. The molecule has 0 saturated carbocycles. The van der Waals surface area contributed by atoms with Crippen LogP contribution in [0.2, 0.25) is 0 Å². The summed E-state index contributed by atoms with van der Waals surface area (Å²) in [7, 11) is 0. The molecule has 0 spiro atoms. The highest BCUT2D eigenvalue weighted by Crippen LogP contribution is 2.08. The summed E-state index contributed by atoms with van der Waals surface area (Å²) in [6.07, 6.45) is 0. The van der Waals surface area contributed by atoms with Gasteiger partial charge in [-0.15, -0.1) is 0 Å². The molecule has 0 atom stereocenters. The van der Waals surface area contributed by atoms with Crippen LogP contribution < -0.4 is 6.15 Å². The molecule has 0 aromatic rings. The topological polar surface area (TPSA) is 58.8 Å². The van der Waals surface area contributed by atoms with Crippen LogP contribution in [0, 0.1) is 16.7 Å². The van der Waals surface area contributed by atoms with Gasteiger partial charge < -0.3 is 6.15 Å². The first-order valence-corrected chi connectivity index (χ1v) is 1.97. The minimum absolute atomic E-state index is 0. The fourth-order valence-corrected chi connectivity index (χ4v) is 0. The summed E-state index contributed by atoms with van der Waals surface area (Å²) in [5.74, 6) is 0. The molecule has 0 aliphatic carbocycles. The second-order valence-electron chi connectivity index (χ2n) is 2.36. The smallest absolute Gasteiger partial charge is 0.0680 e. The van der Waals surface area contributed by atoms with Crippen LogP contribution in [0.3, 0.4) is 0 Å². The van der Waals surface area contributed by atoms with Crippen molar-refractivity contribution in [3.8, 4) is 6.07 Å². The van der Waals surface area contributed by atoms with Crippen molar-refractivity contribution in [2.75, 3.05) is 0 Å². The summed E-state index contributed by atoms with van der Waals surface area (Å²) in [6.45, 7) is 5.65. The van der Waals surface area contributed by atoms with Gasteiger partial charge >= 0.3 is 0 Å². The average Bonchev–Trinajstić information content (AvgIpc) is 1.35. The van der Waals surface area contributed by atoms with E-state index in [0.717, 1.165) is 0 Å². The molecule has 3 N–H and O–H groups in total. The third-order valence-corrected chi connectivity index (χ3v) is 0.335. The van der Waals surface area contributed by atoms with Crippen LogP contribution in [0.15, 0.2) is 0 Å². The van der Waals surface area contributed by atoms with E-state index in [1.165, 1.54) is 0 Å². The first-order valence-electron chi connectivity index (χ1n) is 1.97. The van der Waals surface area contributed by atoms with Crippen LogP contribution in [0.5, 0.6) is 0 Å². The van der Waals surface area contributed by atoms with Crippen LogP contribution in [-0.2, 0) is 0 Å². The van der Waals surface area contributed by atoms with Crippen molar-refractivity contribution in [1.82, 2.24) is 6.15 Å². The third-order valence-electron chi connectivity index (χ3n) is 0.335. The van der Waals surface area contributed by atoms with Crippen molar-refractivity contribution in [2.24, 2.45) is 5.41 Å². The van der Waals surface area contributed by atoms with Crippen LogP contribution in [0.4, 0.5) is 0 Å². The Hall–Kier alpha value is -0.550. The van der Waals surface area contributed by atoms with Gasteiger partial charge in [-0.1, -0.05) is 0 Å². The van der Waals surface area contributed by atoms with Gasteiger partial charge in [0.15, 0.2) is 0 Å². The largest absolute Gasteiger partial charge is 0.344 e. The van der Waals surface area contributed by atoms with Gasteiger partial charge in [0.2, 0.25) is 0 Å². The van der Waals surface area contributed by atoms with E-state index >= 15 is 0 Å². The third kappa shape index (κ3) is 10.8. The second-order valence-corrected chi connectivity index (χ2v) is 2.36. The molecule has 0 aromatic carbocycles. The fraction of sp³-hybridized carbons (Fsp3) is 0.800. The van der Waals surface area contributed by atoms with E-state index in [2.05, 4.69) is 6.07 Å². The van der Waals surface area contributed by atoms with E-state index in [4.69, 9.17) is 5.26 Å². The number of nitriles is 1. The fourth-order valence-electron chi connectivity index (χ4n) is 0. The molecule has 0 fully saturated rings. The van der Waals surface area contributed by atoms with Crippen molar-refractivity contribution >= 4 is 0 Å². The maximum absolute atomic E-state index is 8.15. The minimum Gasteiger partial charge on any atom is -0.344 e. The van der Waals surface area contributed by atoms with Gasteiger partial charge in [0.05, 0.1) is 6.07 Å². The van der Waals surface area contributed by atoms with E-state index in [0.29, 0.717) is 0 Å². The Morgan fingerprint density at radius 2 is 1.43 bits per heavy atom. The molecular formula is C5H12N2. The van der Waals surface area contributed by atoms with Gasteiger partial charge in [-0.25, -0.2) is 0 Å². The lowest BCUT2D eigenvalue weighted by atomic mass is 10.0. The molecule has 0 rings (SSSR count). The minimum atomic E-state index is -0.153. The molecule has 0 aromatic heterocycles. The van der Waals surface area contributed by atoms with Crippen molar-refractivity contribution in [2.45, 2.75) is 20.8 Å². The zero-order chi connectivity index (χ0) is 5.21. The molecule has 2 nitrogen and oxygen atoms in total. The van der Waals surface area contributed by atoms with E-state index in [9.17, 15) is 0 Å². The summed E-state index contributed by atoms with van der Waals surface area (Å²) in [4.78, 5) is 0. The Bertz CT molecular complexity index is 73.1. The van der Waals surface area contributed by atoms with Crippen LogP contribution >= 0.6 is 0 Å². The first-order chi connectivity index (χ1) is 2.56. The van der Waals surface area contributed by atoms with Crippen molar-refractivity contribution in [3.05, 3.63) is 0 Å². The lowest BCUT2D eigenvalue weighted by molar-refractivity contribution is 0.561. The summed E-state index contributed by atoms with van der Waals surface area (Å²) < 4.78 is 0. The van der Waals surface area contributed by atoms with E-state index in [1.54, 1.807) is 0 Å². The predicted octanol–water partition coefficient (Wildman–Crippen LogP) is 1.72. The predicted molar refractivity (Wildman–Crippen MR) is 30.1 cm³/mol. The monoisotopic (exact) mass is 100 g/mol. The molecule has 0 aliphatic rings. The highest BCUT2D eigenvalue weighted by Gasteiger charge is 2.04. The van der Waals surface area contributed by atoms with Gasteiger partial charge in [0.1, 0.15) is 0 Å². The molecular weight excluding hydrogens is 88.1 g/mol. The van der Waals surface area contributed by atoms with Crippen molar-refractivity contribution < 1.29 is 0 Å². The van der Waals surface area contributed by atoms with Gasteiger partial charge in [-0.3, -0.25) is 0 Å². The number of rotatable bonds is 0. The molecule has 7 heavy (non-hydrogen) atoms. The van der Waals surface area contributed by atoms with Crippen molar-refractivity contribution in [1.29, 1.82) is 5.26 Å². The molecule has 0 radical (unpaired) electrons. The normalized spacial score (nSPS) is 8.86. The summed E-state index contributed by atoms with van der Waals surface area (Å²) in [5.41, 5.74) is -0.153. The Balaban J connectivity index is 0. The van der Waals surface area contributed by atoms with Gasteiger partial charge in [0.25, 0.3) is 0 Å². The Labute approximate surface area is 44.7 Å². The lowest BCUT2D eigenvalue weighted by Gasteiger charge is -2.01. The van der Waals surface area contributed by atoms with Crippen molar-refractivity contribution in [3.63, 3.8) is 0 Å². The standard InChI is InChI=1S/C5H9N.H3N/c1-5(2,3)4-6;/h1-3H3;1H3. The second kappa shape index (κ2) is 2.59. The van der Waals surface area contributed by atoms with E-state index in [1.807, 2.05) is 20.8 Å². The quantitative estimate of drug-likeness (QED) is 0.503. The zero-order valence-electron chi connectivity index (χ0n) is 5.15. The maximum atomic E-state index is 8.15. The van der Waals surface area contributed by atoms with E-state index < -0.39 is 0 Å². The molecule has 42 valence electrons. The Morgan fingerprint density at radius 1 is 1.29 bits per heavy atom. The molecule has 0 amide bonds. The Morgan fingerprint density at radius 3 is 1.43 bits per heavy atom. The zero-order valence-corrected chi connectivity index (χ0v) is 5.15. The molecule has 0 unspecified atom stereocenters. The average molecular weight is 100 g/mol. The van der Waals surface area contributed by atoms with Crippen LogP contribution in [0.1, 0.15) is 20.8 Å². The Kier molecular flexibility index (Phi) is 3.59. The summed E-state index contributed by atoms with van der Waals surface area (Å²) >= 11 is 0. The molecule has 2 heteroatoms. The summed E-state index contributed by atoms with van der Waals surface area (Å²) in [6, 6.07) is 2.10. The first kappa shape index (κ1) is 9.67. The highest BCUT2D eigenvalue weighted by molar-refractivity contribution is 4.86. The van der Waals surface area contributed by atoms with Crippen LogP contribution in [0.25, 0.3) is 0 Å². The van der Waals surface area contributed by atoms with Gasteiger partial charge in [-0.05, 0) is 20.8 Å². The molecule has 0 bridgehead atoms.